The average Bonchev–Trinajstić information content (AvgIpc) is 2.02. The summed E-state index contributed by atoms with van der Waals surface area (Å²) in [5.41, 5.74) is -1.01. The first kappa shape index (κ1) is 12.1. The van der Waals surface area contributed by atoms with Crippen LogP contribution in [-0.4, -0.2) is 37.0 Å². The molecule has 0 aromatic heterocycles. The van der Waals surface area contributed by atoms with Crippen molar-refractivity contribution >= 4 is 5.97 Å². The summed E-state index contributed by atoms with van der Waals surface area (Å²) in [6.45, 7) is 3.20. The lowest BCUT2D eigenvalue weighted by molar-refractivity contribution is -0.134. The molecule has 0 unspecified atom stereocenters. The Morgan fingerprint density at radius 2 is 2.00 bits per heavy atom. The van der Waals surface area contributed by atoms with E-state index >= 15 is 0 Å². The zero-order chi connectivity index (χ0) is 10.5. The quantitative estimate of drug-likeness (QED) is 0.515. The third kappa shape index (κ3) is 4.65. The maximum absolute atomic E-state index is 10.7. The lowest BCUT2D eigenvalue weighted by Gasteiger charge is -2.24. The van der Waals surface area contributed by atoms with Crippen LogP contribution in [0.25, 0.3) is 0 Å². The van der Waals surface area contributed by atoms with Crippen molar-refractivity contribution in [2.45, 2.75) is 25.6 Å². The minimum Gasteiger partial charge on any atom is -0.466 e. The molecule has 1 atom stereocenters. The predicted molar refractivity (Wildman–Crippen MR) is 48.3 cm³/mol. The van der Waals surface area contributed by atoms with E-state index in [2.05, 4.69) is 4.74 Å². The molecule has 0 saturated carbocycles. The van der Waals surface area contributed by atoms with Gasteiger partial charge < -0.3 is 14.6 Å². The monoisotopic (exact) mass is 188 g/mol. The van der Waals surface area contributed by atoms with Crippen molar-refractivity contribution < 1.29 is 19.4 Å². The van der Waals surface area contributed by atoms with Gasteiger partial charge >= 0.3 is 5.97 Å². The standard InChI is InChI=1S/C9H16O4/c1-9(2,11)7(12-3)5-6-8(10)13-4/h5-7,11H,1-4H3/b6-5+/t7-/m1/s1. The van der Waals surface area contributed by atoms with Gasteiger partial charge in [-0.1, -0.05) is 0 Å². The fraction of sp³-hybridized carbons (Fsp3) is 0.667. The van der Waals surface area contributed by atoms with Gasteiger partial charge in [0.15, 0.2) is 0 Å². The molecule has 0 bridgehead atoms. The number of ether oxygens (including phenoxy) is 2. The van der Waals surface area contributed by atoms with E-state index in [1.165, 1.54) is 26.4 Å². The molecule has 13 heavy (non-hydrogen) atoms. The van der Waals surface area contributed by atoms with Crippen LogP contribution in [0.1, 0.15) is 13.8 Å². The molecular formula is C9H16O4. The lowest BCUT2D eigenvalue weighted by atomic mass is 10.0. The summed E-state index contributed by atoms with van der Waals surface area (Å²) < 4.78 is 9.36. The fourth-order valence-corrected chi connectivity index (χ4v) is 0.836. The van der Waals surface area contributed by atoms with Crippen molar-refractivity contribution in [3.63, 3.8) is 0 Å². The average molecular weight is 188 g/mol. The van der Waals surface area contributed by atoms with Gasteiger partial charge in [-0.25, -0.2) is 4.79 Å². The van der Waals surface area contributed by atoms with Crippen molar-refractivity contribution in [3.8, 4) is 0 Å². The topological polar surface area (TPSA) is 55.8 Å². The Bertz CT molecular complexity index is 190. The van der Waals surface area contributed by atoms with E-state index in [1.54, 1.807) is 13.8 Å². The van der Waals surface area contributed by atoms with Crippen LogP contribution in [0.5, 0.6) is 0 Å². The Hall–Kier alpha value is -0.870. The molecule has 1 N–H and O–H groups in total. The smallest absolute Gasteiger partial charge is 0.330 e. The molecule has 0 rings (SSSR count). The predicted octanol–water partition coefficient (Wildman–Crippen LogP) is 0.501. The number of aliphatic hydroxyl groups is 1. The van der Waals surface area contributed by atoms with Crippen LogP contribution in [0, 0.1) is 0 Å². The zero-order valence-electron chi connectivity index (χ0n) is 8.40. The fourth-order valence-electron chi connectivity index (χ4n) is 0.836. The zero-order valence-corrected chi connectivity index (χ0v) is 8.40. The van der Waals surface area contributed by atoms with Crippen molar-refractivity contribution in [3.05, 3.63) is 12.2 Å². The molecule has 0 aliphatic heterocycles. The van der Waals surface area contributed by atoms with Gasteiger partial charge in [0, 0.05) is 13.2 Å². The van der Waals surface area contributed by atoms with Crippen molar-refractivity contribution in [2.75, 3.05) is 14.2 Å². The SMILES string of the molecule is COC(=O)/C=C/[C@@H](OC)C(C)(C)O. The minimum atomic E-state index is -1.01. The van der Waals surface area contributed by atoms with Gasteiger partial charge in [-0.05, 0) is 19.9 Å². The molecule has 0 amide bonds. The molecule has 0 fully saturated rings. The Morgan fingerprint density at radius 1 is 1.46 bits per heavy atom. The van der Waals surface area contributed by atoms with Gasteiger partial charge in [0.05, 0.1) is 12.7 Å². The second-order valence-electron chi connectivity index (χ2n) is 3.19. The summed E-state index contributed by atoms with van der Waals surface area (Å²) in [6.07, 6.45) is 2.17. The highest BCUT2D eigenvalue weighted by atomic mass is 16.5. The van der Waals surface area contributed by atoms with E-state index in [9.17, 15) is 9.90 Å². The molecule has 76 valence electrons. The molecule has 0 heterocycles. The largest absolute Gasteiger partial charge is 0.466 e. The first-order valence-corrected chi connectivity index (χ1v) is 3.93. The number of rotatable bonds is 4. The summed E-state index contributed by atoms with van der Waals surface area (Å²) in [5, 5.41) is 9.53. The lowest BCUT2D eigenvalue weighted by Crippen LogP contribution is -2.35. The van der Waals surface area contributed by atoms with Gasteiger partial charge in [-0.3, -0.25) is 0 Å². The van der Waals surface area contributed by atoms with Crippen LogP contribution in [0.2, 0.25) is 0 Å². The summed E-state index contributed by atoms with van der Waals surface area (Å²) >= 11 is 0. The van der Waals surface area contributed by atoms with E-state index < -0.39 is 17.7 Å². The summed E-state index contributed by atoms with van der Waals surface area (Å²) in [5.74, 6) is -0.466. The van der Waals surface area contributed by atoms with Gasteiger partial charge in [0.1, 0.15) is 6.10 Å². The molecule has 0 radical (unpaired) electrons. The van der Waals surface area contributed by atoms with Crippen LogP contribution in [0.3, 0.4) is 0 Å². The van der Waals surface area contributed by atoms with Gasteiger partial charge in [0.25, 0.3) is 0 Å². The van der Waals surface area contributed by atoms with Crippen molar-refractivity contribution in [1.29, 1.82) is 0 Å². The van der Waals surface area contributed by atoms with Crippen LogP contribution < -0.4 is 0 Å². The maximum Gasteiger partial charge on any atom is 0.330 e. The molecule has 0 spiro atoms. The normalized spacial score (nSPS) is 14.5. The number of esters is 1. The van der Waals surface area contributed by atoms with E-state index in [1.807, 2.05) is 0 Å². The summed E-state index contributed by atoms with van der Waals surface area (Å²) in [4.78, 5) is 10.7. The first-order valence-electron chi connectivity index (χ1n) is 3.93. The van der Waals surface area contributed by atoms with E-state index in [4.69, 9.17) is 4.74 Å². The Labute approximate surface area is 78.2 Å². The molecule has 4 nitrogen and oxygen atoms in total. The minimum absolute atomic E-state index is 0.466. The Morgan fingerprint density at radius 3 is 2.31 bits per heavy atom. The maximum atomic E-state index is 10.7. The molecule has 0 aromatic rings. The number of carbonyl (C=O) groups excluding carboxylic acids is 1. The first-order chi connectivity index (χ1) is 5.91. The molecule has 4 heteroatoms. The molecule has 0 aliphatic carbocycles. The van der Waals surface area contributed by atoms with Gasteiger partial charge in [0.2, 0.25) is 0 Å². The summed E-state index contributed by atoms with van der Waals surface area (Å²) in [7, 11) is 2.75. The number of hydrogen-bond donors (Lipinski definition) is 1. The Kier molecular flexibility index (Phi) is 4.66. The Balaban J connectivity index is 4.29. The highest BCUT2D eigenvalue weighted by Crippen LogP contribution is 2.12. The van der Waals surface area contributed by atoms with Crippen LogP contribution in [0.15, 0.2) is 12.2 Å². The third-order valence-electron chi connectivity index (χ3n) is 1.56. The van der Waals surface area contributed by atoms with E-state index in [0.29, 0.717) is 0 Å². The summed E-state index contributed by atoms with van der Waals surface area (Å²) in [6, 6.07) is 0. The molecule has 0 saturated heterocycles. The number of carbonyl (C=O) groups is 1. The van der Waals surface area contributed by atoms with Gasteiger partial charge in [-0.2, -0.15) is 0 Å². The van der Waals surface area contributed by atoms with Crippen molar-refractivity contribution in [2.24, 2.45) is 0 Å². The second kappa shape index (κ2) is 4.99. The van der Waals surface area contributed by atoms with Gasteiger partial charge in [-0.15, -0.1) is 0 Å². The van der Waals surface area contributed by atoms with Crippen LogP contribution in [0.4, 0.5) is 0 Å². The number of hydrogen-bond acceptors (Lipinski definition) is 4. The second-order valence-corrected chi connectivity index (χ2v) is 3.19. The van der Waals surface area contributed by atoms with Crippen LogP contribution >= 0.6 is 0 Å². The molecule has 0 aromatic carbocycles. The van der Waals surface area contributed by atoms with E-state index in [0.717, 1.165) is 0 Å². The third-order valence-corrected chi connectivity index (χ3v) is 1.56. The highest BCUT2D eigenvalue weighted by molar-refractivity contribution is 5.81. The van der Waals surface area contributed by atoms with E-state index in [-0.39, 0.29) is 0 Å². The molecular weight excluding hydrogens is 172 g/mol. The number of methoxy groups -OCH3 is 2. The van der Waals surface area contributed by atoms with Crippen molar-refractivity contribution in [1.82, 2.24) is 0 Å². The van der Waals surface area contributed by atoms with Crippen LogP contribution in [-0.2, 0) is 14.3 Å². The molecule has 0 aliphatic rings. The highest BCUT2D eigenvalue weighted by Gasteiger charge is 2.24.